The van der Waals surface area contributed by atoms with E-state index in [1.54, 1.807) is 6.92 Å². The average Bonchev–Trinajstić information content (AvgIpc) is 2.99. The first kappa shape index (κ1) is 14.5. The Morgan fingerprint density at radius 2 is 1.95 bits per heavy atom. The Labute approximate surface area is 132 Å². The number of benzene rings is 2. The number of methoxy groups -OCH3 is 1. The summed E-state index contributed by atoms with van der Waals surface area (Å²) in [4.78, 5) is 17.0. The lowest BCUT2D eigenvalue weighted by atomic mass is 10.0. The number of aromatic nitrogens is 1. The molecule has 2 aromatic carbocycles. The number of carbonyl (C=O) groups is 1. The standard InChI is InChI=1S/C17H15NO3S/c1-3-21-16(19)15-14(18-17(20-2)22-15)13-9-8-11-6-4-5-7-12(11)10-13/h4-10H,3H2,1-2H3. The molecule has 112 valence electrons. The summed E-state index contributed by atoms with van der Waals surface area (Å²) >= 11 is 1.20. The summed E-state index contributed by atoms with van der Waals surface area (Å²) in [6.45, 7) is 2.11. The van der Waals surface area contributed by atoms with Crippen LogP contribution < -0.4 is 4.74 Å². The number of thiazole rings is 1. The van der Waals surface area contributed by atoms with Crippen molar-refractivity contribution in [3.63, 3.8) is 0 Å². The van der Waals surface area contributed by atoms with Gasteiger partial charge >= 0.3 is 5.97 Å². The van der Waals surface area contributed by atoms with Gasteiger partial charge in [-0.15, -0.1) is 0 Å². The van der Waals surface area contributed by atoms with Gasteiger partial charge in [0.25, 0.3) is 5.19 Å². The largest absolute Gasteiger partial charge is 0.473 e. The van der Waals surface area contributed by atoms with Crippen molar-refractivity contribution in [2.24, 2.45) is 0 Å². The van der Waals surface area contributed by atoms with Gasteiger partial charge in [0.15, 0.2) is 0 Å². The molecule has 0 aliphatic carbocycles. The van der Waals surface area contributed by atoms with Crippen molar-refractivity contribution in [2.45, 2.75) is 6.92 Å². The van der Waals surface area contributed by atoms with Crippen molar-refractivity contribution in [3.8, 4) is 16.5 Å². The summed E-state index contributed by atoms with van der Waals surface area (Å²) in [6, 6.07) is 14.1. The molecule has 0 aliphatic rings. The van der Waals surface area contributed by atoms with Gasteiger partial charge in [-0.2, -0.15) is 0 Å². The topological polar surface area (TPSA) is 48.4 Å². The summed E-state index contributed by atoms with van der Waals surface area (Å²) in [7, 11) is 1.54. The number of ether oxygens (including phenoxy) is 2. The van der Waals surface area contributed by atoms with Crippen LogP contribution in [0, 0.1) is 0 Å². The SMILES string of the molecule is CCOC(=O)c1sc(OC)nc1-c1ccc2ccccc2c1. The second-order valence-electron chi connectivity index (χ2n) is 4.64. The molecule has 0 saturated heterocycles. The summed E-state index contributed by atoms with van der Waals surface area (Å²) < 4.78 is 10.3. The minimum absolute atomic E-state index is 0.330. The highest BCUT2D eigenvalue weighted by atomic mass is 32.1. The van der Waals surface area contributed by atoms with E-state index in [2.05, 4.69) is 4.98 Å². The smallest absolute Gasteiger partial charge is 0.350 e. The highest BCUT2D eigenvalue weighted by Crippen LogP contribution is 2.34. The van der Waals surface area contributed by atoms with Crippen molar-refractivity contribution in [1.82, 2.24) is 4.98 Å². The zero-order chi connectivity index (χ0) is 15.5. The molecule has 0 aliphatic heterocycles. The van der Waals surface area contributed by atoms with Gasteiger partial charge in [-0.05, 0) is 23.8 Å². The molecule has 4 nitrogen and oxygen atoms in total. The second kappa shape index (κ2) is 6.15. The Balaban J connectivity index is 2.12. The Morgan fingerprint density at radius 3 is 2.68 bits per heavy atom. The van der Waals surface area contributed by atoms with E-state index in [9.17, 15) is 4.79 Å². The minimum Gasteiger partial charge on any atom is -0.473 e. The van der Waals surface area contributed by atoms with Crippen LogP contribution in [0.5, 0.6) is 5.19 Å². The molecule has 3 rings (SSSR count). The minimum atomic E-state index is -0.369. The molecule has 0 spiro atoms. The van der Waals surface area contributed by atoms with Crippen molar-refractivity contribution in [1.29, 1.82) is 0 Å². The lowest BCUT2D eigenvalue weighted by molar-refractivity contribution is 0.0532. The Bertz CT molecular complexity index is 826. The van der Waals surface area contributed by atoms with Gasteiger partial charge < -0.3 is 9.47 Å². The maximum atomic E-state index is 12.1. The molecule has 0 atom stereocenters. The van der Waals surface area contributed by atoms with Crippen LogP contribution in [-0.2, 0) is 4.74 Å². The van der Waals surface area contributed by atoms with Crippen LogP contribution in [0.3, 0.4) is 0 Å². The number of nitrogens with zero attached hydrogens (tertiary/aromatic N) is 1. The fourth-order valence-electron chi connectivity index (χ4n) is 2.26. The molecule has 0 radical (unpaired) electrons. The Hall–Kier alpha value is -2.40. The zero-order valence-electron chi connectivity index (χ0n) is 12.3. The van der Waals surface area contributed by atoms with Gasteiger partial charge in [0.05, 0.1) is 19.4 Å². The lowest BCUT2D eigenvalue weighted by Crippen LogP contribution is -2.03. The molecule has 0 bridgehead atoms. The number of carbonyl (C=O) groups excluding carboxylic acids is 1. The van der Waals surface area contributed by atoms with Gasteiger partial charge in [-0.3, -0.25) is 0 Å². The third-order valence-corrected chi connectivity index (χ3v) is 4.26. The van der Waals surface area contributed by atoms with E-state index in [0.29, 0.717) is 22.4 Å². The maximum absolute atomic E-state index is 12.1. The summed E-state index contributed by atoms with van der Waals surface area (Å²) in [6.07, 6.45) is 0. The van der Waals surface area contributed by atoms with Gasteiger partial charge in [0.1, 0.15) is 4.88 Å². The molecule has 0 N–H and O–H groups in total. The van der Waals surface area contributed by atoms with Crippen LogP contribution in [-0.4, -0.2) is 24.7 Å². The average molecular weight is 313 g/mol. The molecule has 22 heavy (non-hydrogen) atoms. The van der Waals surface area contributed by atoms with Crippen molar-refractivity contribution < 1.29 is 14.3 Å². The molecule has 1 heterocycles. The molecule has 0 fully saturated rings. The molecule has 0 unspecified atom stereocenters. The summed E-state index contributed by atoms with van der Waals surface area (Å²) in [5.74, 6) is -0.369. The quantitative estimate of drug-likeness (QED) is 0.679. The number of hydrogen-bond acceptors (Lipinski definition) is 5. The fourth-order valence-corrected chi connectivity index (χ4v) is 3.05. The highest BCUT2D eigenvalue weighted by molar-refractivity contribution is 7.15. The van der Waals surface area contributed by atoms with E-state index in [0.717, 1.165) is 16.3 Å². The maximum Gasteiger partial charge on any atom is 0.350 e. The van der Waals surface area contributed by atoms with E-state index in [1.807, 2.05) is 42.5 Å². The molecular weight excluding hydrogens is 298 g/mol. The van der Waals surface area contributed by atoms with E-state index in [1.165, 1.54) is 18.4 Å². The predicted molar refractivity (Wildman–Crippen MR) is 87.6 cm³/mol. The monoisotopic (exact) mass is 313 g/mol. The van der Waals surface area contributed by atoms with E-state index < -0.39 is 0 Å². The molecule has 0 amide bonds. The molecule has 5 heteroatoms. The van der Waals surface area contributed by atoms with Gasteiger partial charge in [-0.1, -0.05) is 47.7 Å². The first-order valence-corrected chi connectivity index (χ1v) is 7.75. The Kier molecular flexibility index (Phi) is 4.06. The lowest BCUT2D eigenvalue weighted by Gasteiger charge is -2.04. The number of fused-ring (bicyclic) bond motifs is 1. The third-order valence-electron chi connectivity index (χ3n) is 3.27. The highest BCUT2D eigenvalue weighted by Gasteiger charge is 2.21. The van der Waals surface area contributed by atoms with Crippen LogP contribution >= 0.6 is 11.3 Å². The zero-order valence-corrected chi connectivity index (χ0v) is 13.1. The van der Waals surface area contributed by atoms with Crippen LogP contribution in [0.25, 0.3) is 22.0 Å². The number of hydrogen-bond donors (Lipinski definition) is 0. The summed E-state index contributed by atoms with van der Waals surface area (Å²) in [5, 5.41) is 2.69. The molecule has 0 saturated carbocycles. The molecular formula is C17H15NO3S. The fraction of sp³-hybridized carbons (Fsp3) is 0.176. The Morgan fingerprint density at radius 1 is 1.18 bits per heavy atom. The van der Waals surface area contributed by atoms with Gasteiger partial charge in [0.2, 0.25) is 0 Å². The van der Waals surface area contributed by atoms with Gasteiger partial charge in [-0.25, -0.2) is 9.78 Å². The van der Waals surface area contributed by atoms with E-state index in [4.69, 9.17) is 9.47 Å². The van der Waals surface area contributed by atoms with Gasteiger partial charge in [0, 0.05) is 5.56 Å². The second-order valence-corrected chi connectivity index (χ2v) is 5.61. The summed E-state index contributed by atoms with van der Waals surface area (Å²) in [5.41, 5.74) is 1.48. The van der Waals surface area contributed by atoms with Crippen LogP contribution in [0.4, 0.5) is 0 Å². The first-order chi connectivity index (χ1) is 10.7. The van der Waals surface area contributed by atoms with Crippen LogP contribution in [0.1, 0.15) is 16.6 Å². The van der Waals surface area contributed by atoms with Crippen LogP contribution in [0.2, 0.25) is 0 Å². The third kappa shape index (κ3) is 2.67. The molecule has 1 aromatic heterocycles. The predicted octanol–water partition coefficient (Wildman–Crippen LogP) is 4.15. The van der Waals surface area contributed by atoms with Crippen molar-refractivity contribution in [2.75, 3.05) is 13.7 Å². The number of esters is 1. The van der Waals surface area contributed by atoms with Crippen molar-refractivity contribution >= 4 is 28.1 Å². The van der Waals surface area contributed by atoms with Crippen LogP contribution in [0.15, 0.2) is 42.5 Å². The molecule has 3 aromatic rings. The normalized spacial score (nSPS) is 10.6. The van der Waals surface area contributed by atoms with Crippen molar-refractivity contribution in [3.05, 3.63) is 47.3 Å². The van der Waals surface area contributed by atoms with E-state index in [-0.39, 0.29) is 5.97 Å². The first-order valence-electron chi connectivity index (χ1n) is 6.94. The number of rotatable bonds is 4. The van der Waals surface area contributed by atoms with E-state index >= 15 is 0 Å².